The molecule has 0 saturated carbocycles. The molecule has 1 aromatic heterocycles. The first-order valence-electron chi connectivity index (χ1n) is 6.12. The van der Waals surface area contributed by atoms with Crippen molar-refractivity contribution in [3.63, 3.8) is 0 Å². The summed E-state index contributed by atoms with van der Waals surface area (Å²) >= 11 is 10.5. The first-order chi connectivity index (χ1) is 9.49. The van der Waals surface area contributed by atoms with E-state index in [9.17, 15) is 0 Å². The standard InChI is InChI=1S/C12H14Br3N5/c1-7(2)5-16-6-11-17-18-19-20(11)12-9(14)3-8(13)4-10(12)15/h3-4,7,16H,5-6H2,1-2H3. The molecule has 0 atom stereocenters. The third kappa shape index (κ3) is 3.87. The van der Waals surface area contributed by atoms with E-state index in [0.717, 1.165) is 31.5 Å². The zero-order valence-electron chi connectivity index (χ0n) is 11.1. The molecule has 20 heavy (non-hydrogen) atoms. The Labute approximate surface area is 142 Å². The van der Waals surface area contributed by atoms with Crippen LogP contribution < -0.4 is 5.32 Å². The molecule has 0 bridgehead atoms. The number of aromatic nitrogens is 4. The molecular formula is C12H14Br3N5. The number of rotatable bonds is 5. The van der Waals surface area contributed by atoms with Crippen LogP contribution in [-0.4, -0.2) is 26.8 Å². The van der Waals surface area contributed by atoms with Gasteiger partial charge in [0.15, 0.2) is 5.82 Å². The molecule has 0 aliphatic heterocycles. The molecule has 0 saturated heterocycles. The summed E-state index contributed by atoms with van der Waals surface area (Å²) in [7, 11) is 0. The van der Waals surface area contributed by atoms with Gasteiger partial charge in [-0.1, -0.05) is 29.8 Å². The summed E-state index contributed by atoms with van der Waals surface area (Å²) in [4.78, 5) is 0. The van der Waals surface area contributed by atoms with Crippen LogP contribution in [0.4, 0.5) is 0 Å². The second kappa shape index (κ2) is 7.11. The van der Waals surface area contributed by atoms with Gasteiger partial charge in [0, 0.05) is 13.4 Å². The van der Waals surface area contributed by atoms with Crippen molar-refractivity contribution in [3.8, 4) is 5.69 Å². The number of halogens is 3. The molecule has 0 aliphatic carbocycles. The molecule has 5 nitrogen and oxygen atoms in total. The zero-order valence-corrected chi connectivity index (χ0v) is 15.8. The SMILES string of the molecule is CC(C)CNCc1nnnn1-c1c(Br)cc(Br)cc1Br. The Kier molecular flexibility index (Phi) is 5.71. The summed E-state index contributed by atoms with van der Waals surface area (Å²) in [5, 5.41) is 15.3. The van der Waals surface area contributed by atoms with E-state index < -0.39 is 0 Å². The van der Waals surface area contributed by atoms with Gasteiger partial charge in [0.1, 0.15) is 0 Å². The molecular weight excluding hydrogens is 454 g/mol. The van der Waals surface area contributed by atoms with Gasteiger partial charge in [-0.05, 0) is 66.9 Å². The summed E-state index contributed by atoms with van der Waals surface area (Å²) in [5.41, 5.74) is 0.888. The second-order valence-corrected chi connectivity index (χ2v) is 7.37. The molecule has 1 heterocycles. The number of nitrogens with zero attached hydrogens (tertiary/aromatic N) is 4. The maximum atomic E-state index is 4.08. The third-order valence-corrected chi connectivity index (χ3v) is 4.23. The van der Waals surface area contributed by atoms with Crippen LogP contribution >= 0.6 is 47.8 Å². The molecule has 0 aliphatic rings. The zero-order chi connectivity index (χ0) is 14.7. The van der Waals surface area contributed by atoms with Crippen molar-refractivity contribution in [3.05, 3.63) is 31.4 Å². The Morgan fingerprint density at radius 2 is 1.85 bits per heavy atom. The number of hydrogen-bond acceptors (Lipinski definition) is 4. The Morgan fingerprint density at radius 1 is 1.20 bits per heavy atom. The number of nitrogens with one attached hydrogen (secondary N) is 1. The van der Waals surface area contributed by atoms with Gasteiger partial charge < -0.3 is 5.32 Å². The van der Waals surface area contributed by atoms with E-state index in [1.54, 1.807) is 4.68 Å². The first kappa shape index (κ1) is 16.1. The van der Waals surface area contributed by atoms with Crippen LogP contribution in [-0.2, 0) is 6.54 Å². The molecule has 1 aromatic carbocycles. The Balaban J connectivity index is 2.28. The molecule has 8 heteroatoms. The van der Waals surface area contributed by atoms with Crippen molar-refractivity contribution in [1.82, 2.24) is 25.5 Å². The maximum absolute atomic E-state index is 4.08. The minimum Gasteiger partial charge on any atom is -0.310 e. The van der Waals surface area contributed by atoms with Gasteiger partial charge >= 0.3 is 0 Å². The van der Waals surface area contributed by atoms with E-state index >= 15 is 0 Å². The van der Waals surface area contributed by atoms with E-state index in [4.69, 9.17) is 0 Å². The number of tetrazole rings is 1. The molecule has 108 valence electrons. The van der Waals surface area contributed by atoms with Crippen molar-refractivity contribution in [2.24, 2.45) is 5.92 Å². The fraction of sp³-hybridized carbons (Fsp3) is 0.417. The van der Waals surface area contributed by atoms with E-state index in [0.29, 0.717) is 12.5 Å². The minimum atomic E-state index is 0.588. The van der Waals surface area contributed by atoms with E-state index in [1.807, 2.05) is 12.1 Å². The predicted octanol–water partition coefficient (Wildman–Crippen LogP) is 3.70. The average molecular weight is 468 g/mol. The van der Waals surface area contributed by atoms with Gasteiger partial charge in [-0.15, -0.1) is 5.10 Å². The Morgan fingerprint density at radius 3 is 2.45 bits per heavy atom. The van der Waals surface area contributed by atoms with Crippen molar-refractivity contribution in [1.29, 1.82) is 0 Å². The van der Waals surface area contributed by atoms with Gasteiger partial charge in [0.2, 0.25) is 0 Å². The van der Waals surface area contributed by atoms with E-state index in [1.165, 1.54) is 0 Å². The van der Waals surface area contributed by atoms with Crippen LogP contribution in [0.15, 0.2) is 25.6 Å². The normalized spacial score (nSPS) is 11.3. The van der Waals surface area contributed by atoms with Crippen LogP contribution in [0, 0.1) is 5.92 Å². The highest BCUT2D eigenvalue weighted by molar-refractivity contribution is 9.11. The molecule has 0 radical (unpaired) electrons. The lowest BCUT2D eigenvalue weighted by Crippen LogP contribution is -2.21. The first-order valence-corrected chi connectivity index (χ1v) is 8.50. The van der Waals surface area contributed by atoms with Crippen molar-refractivity contribution in [2.75, 3.05) is 6.54 Å². The molecule has 0 fully saturated rings. The molecule has 0 unspecified atom stereocenters. The smallest absolute Gasteiger partial charge is 0.170 e. The topological polar surface area (TPSA) is 55.6 Å². The van der Waals surface area contributed by atoms with Crippen LogP contribution in [0.2, 0.25) is 0 Å². The summed E-state index contributed by atoms with van der Waals surface area (Å²) in [5.74, 6) is 1.36. The Hall–Kier alpha value is -0.310. The summed E-state index contributed by atoms with van der Waals surface area (Å²) in [6.07, 6.45) is 0. The highest BCUT2D eigenvalue weighted by Crippen LogP contribution is 2.32. The highest BCUT2D eigenvalue weighted by Gasteiger charge is 2.15. The summed E-state index contributed by atoms with van der Waals surface area (Å²) < 4.78 is 4.54. The largest absolute Gasteiger partial charge is 0.310 e. The van der Waals surface area contributed by atoms with Crippen LogP contribution in [0.5, 0.6) is 0 Å². The van der Waals surface area contributed by atoms with E-state index in [2.05, 4.69) is 82.5 Å². The quantitative estimate of drug-likeness (QED) is 0.728. The van der Waals surface area contributed by atoms with Crippen molar-refractivity contribution >= 4 is 47.8 Å². The van der Waals surface area contributed by atoms with Crippen LogP contribution in [0.25, 0.3) is 5.69 Å². The fourth-order valence-electron chi connectivity index (χ4n) is 1.70. The van der Waals surface area contributed by atoms with Crippen LogP contribution in [0.1, 0.15) is 19.7 Å². The molecule has 2 aromatic rings. The average Bonchev–Trinajstić information content (AvgIpc) is 2.75. The molecule has 0 spiro atoms. The van der Waals surface area contributed by atoms with Crippen molar-refractivity contribution < 1.29 is 0 Å². The lowest BCUT2D eigenvalue weighted by molar-refractivity contribution is 0.537. The van der Waals surface area contributed by atoms with Crippen molar-refractivity contribution in [2.45, 2.75) is 20.4 Å². The third-order valence-electron chi connectivity index (χ3n) is 2.56. The summed E-state index contributed by atoms with van der Waals surface area (Å²) in [6, 6.07) is 3.93. The van der Waals surface area contributed by atoms with Gasteiger partial charge in [-0.25, -0.2) is 0 Å². The molecule has 0 amide bonds. The van der Waals surface area contributed by atoms with Gasteiger partial charge in [-0.2, -0.15) is 4.68 Å². The highest BCUT2D eigenvalue weighted by atomic mass is 79.9. The van der Waals surface area contributed by atoms with Gasteiger partial charge in [0.25, 0.3) is 0 Å². The lowest BCUT2D eigenvalue weighted by Gasteiger charge is -2.11. The maximum Gasteiger partial charge on any atom is 0.170 e. The molecule has 1 N–H and O–H groups in total. The van der Waals surface area contributed by atoms with Crippen LogP contribution in [0.3, 0.4) is 0 Å². The second-order valence-electron chi connectivity index (χ2n) is 4.75. The fourth-order valence-corrected chi connectivity index (χ4v) is 4.29. The Bertz CT molecular complexity index is 574. The lowest BCUT2D eigenvalue weighted by atomic mass is 10.2. The monoisotopic (exact) mass is 465 g/mol. The van der Waals surface area contributed by atoms with E-state index in [-0.39, 0.29) is 0 Å². The van der Waals surface area contributed by atoms with Gasteiger partial charge in [-0.3, -0.25) is 0 Å². The number of hydrogen-bond donors (Lipinski definition) is 1. The molecule has 2 rings (SSSR count). The van der Waals surface area contributed by atoms with Gasteiger partial charge in [0.05, 0.1) is 12.2 Å². The number of benzene rings is 1. The summed E-state index contributed by atoms with van der Waals surface area (Å²) in [6.45, 7) is 5.88. The minimum absolute atomic E-state index is 0.588. The predicted molar refractivity (Wildman–Crippen MR) is 88.8 cm³/mol.